The van der Waals surface area contributed by atoms with E-state index >= 15 is 0 Å². The Hall–Kier alpha value is -1.30. The lowest BCUT2D eigenvalue weighted by Crippen LogP contribution is -2.56. The first kappa shape index (κ1) is 24.7. The standard InChI is InChI=1S/C18H35N3O7/c1-13(23)21-14-11-15(24)16(12-22)28-18(14)27-10-6-7-17(25)19-8-4-2-3-5-9-20-26/h14-16,18,20,22,24,26H,2-12H2,1H3,(H,19,25)(H,21,23). The number of hydrogen-bond donors (Lipinski definition) is 6. The van der Waals surface area contributed by atoms with Crippen LogP contribution in [0.4, 0.5) is 0 Å². The average Bonchev–Trinajstić information content (AvgIpc) is 2.65. The van der Waals surface area contributed by atoms with Crippen molar-refractivity contribution in [2.75, 3.05) is 26.3 Å². The number of hydrogen-bond acceptors (Lipinski definition) is 8. The second-order valence-electron chi connectivity index (χ2n) is 6.98. The zero-order chi connectivity index (χ0) is 20.8. The fourth-order valence-electron chi connectivity index (χ4n) is 3.02. The molecule has 164 valence electrons. The monoisotopic (exact) mass is 405 g/mol. The molecular weight excluding hydrogens is 370 g/mol. The minimum atomic E-state index is -0.882. The lowest BCUT2D eigenvalue weighted by molar-refractivity contribution is -0.241. The van der Waals surface area contributed by atoms with Crippen molar-refractivity contribution in [3.8, 4) is 0 Å². The minimum absolute atomic E-state index is 0.0488. The molecule has 4 unspecified atom stereocenters. The van der Waals surface area contributed by atoms with Gasteiger partial charge in [-0.1, -0.05) is 12.8 Å². The van der Waals surface area contributed by atoms with Gasteiger partial charge in [0.2, 0.25) is 11.8 Å². The van der Waals surface area contributed by atoms with E-state index in [1.165, 1.54) is 6.92 Å². The lowest BCUT2D eigenvalue weighted by Gasteiger charge is -2.38. The Kier molecular flexibility index (Phi) is 13.0. The first-order valence-electron chi connectivity index (χ1n) is 9.94. The summed E-state index contributed by atoms with van der Waals surface area (Å²) in [7, 11) is 0. The maximum Gasteiger partial charge on any atom is 0.220 e. The number of unbranched alkanes of at least 4 members (excludes halogenated alkanes) is 3. The highest BCUT2D eigenvalue weighted by Gasteiger charge is 2.37. The Labute approximate surface area is 165 Å². The first-order valence-corrected chi connectivity index (χ1v) is 9.94. The minimum Gasteiger partial charge on any atom is -0.394 e. The molecule has 1 saturated heterocycles. The number of carbonyl (C=O) groups is 2. The van der Waals surface area contributed by atoms with Crippen LogP contribution in [-0.2, 0) is 19.1 Å². The number of hydroxylamine groups is 1. The number of rotatable bonds is 14. The van der Waals surface area contributed by atoms with Gasteiger partial charge in [-0.15, -0.1) is 0 Å². The maximum atomic E-state index is 11.8. The molecule has 1 rings (SSSR count). The van der Waals surface area contributed by atoms with Crippen LogP contribution in [0.5, 0.6) is 0 Å². The quantitative estimate of drug-likeness (QED) is 0.166. The molecule has 10 heteroatoms. The second kappa shape index (κ2) is 14.7. The van der Waals surface area contributed by atoms with Gasteiger partial charge in [-0.25, -0.2) is 5.48 Å². The predicted octanol–water partition coefficient (Wildman–Crippen LogP) is -0.588. The SMILES string of the molecule is CC(=O)NC1CC(O)C(CO)OC1OCCCC(=O)NCCCCCCNO. The Bertz CT molecular complexity index is 453. The summed E-state index contributed by atoms with van der Waals surface area (Å²) in [5, 5.41) is 33.2. The van der Waals surface area contributed by atoms with Crippen LogP contribution in [0.25, 0.3) is 0 Å². The lowest BCUT2D eigenvalue weighted by atomic mass is 10.0. The van der Waals surface area contributed by atoms with E-state index in [0.717, 1.165) is 25.7 Å². The zero-order valence-corrected chi connectivity index (χ0v) is 16.6. The van der Waals surface area contributed by atoms with Crippen molar-refractivity contribution in [2.24, 2.45) is 0 Å². The van der Waals surface area contributed by atoms with E-state index in [2.05, 4.69) is 16.1 Å². The number of carbonyl (C=O) groups excluding carboxylic acids is 2. The van der Waals surface area contributed by atoms with Gasteiger partial charge in [-0.2, -0.15) is 0 Å². The zero-order valence-electron chi connectivity index (χ0n) is 16.6. The molecule has 0 aromatic carbocycles. The summed E-state index contributed by atoms with van der Waals surface area (Å²) >= 11 is 0. The summed E-state index contributed by atoms with van der Waals surface area (Å²) in [6, 6.07) is -0.509. The summed E-state index contributed by atoms with van der Waals surface area (Å²) in [4.78, 5) is 23.1. The average molecular weight is 405 g/mol. The largest absolute Gasteiger partial charge is 0.394 e. The summed E-state index contributed by atoms with van der Waals surface area (Å²) in [5.41, 5.74) is 2.11. The molecule has 0 radical (unpaired) electrons. The van der Waals surface area contributed by atoms with Crippen LogP contribution in [0, 0.1) is 0 Å². The summed E-state index contributed by atoms with van der Waals surface area (Å²) in [6.07, 6.45) is 2.41. The molecule has 10 nitrogen and oxygen atoms in total. The number of amides is 2. The topological polar surface area (TPSA) is 149 Å². The second-order valence-corrected chi connectivity index (χ2v) is 6.98. The van der Waals surface area contributed by atoms with Gasteiger partial charge >= 0.3 is 0 Å². The van der Waals surface area contributed by atoms with Gasteiger partial charge in [0.05, 0.1) is 25.4 Å². The van der Waals surface area contributed by atoms with Crippen molar-refractivity contribution in [3.63, 3.8) is 0 Å². The fourth-order valence-corrected chi connectivity index (χ4v) is 3.02. The molecule has 0 aromatic rings. The van der Waals surface area contributed by atoms with Crippen LogP contribution in [0.15, 0.2) is 0 Å². The van der Waals surface area contributed by atoms with Gasteiger partial charge in [-0.3, -0.25) is 9.59 Å². The molecule has 0 bridgehead atoms. The Morgan fingerprint density at radius 1 is 1.14 bits per heavy atom. The molecule has 1 aliphatic heterocycles. The predicted molar refractivity (Wildman–Crippen MR) is 100 cm³/mol. The van der Waals surface area contributed by atoms with Gasteiger partial charge in [0, 0.05) is 32.9 Å². The van der Waals surface area contributed by atoms with Crippen LogP contribution in [0.2, 0.25) is 0 Å². The van der Waals surface area contributed by atoms with Crippen LogP contribution in [0.3, 0.4) is 0 Å². The van der Waals surface area contributed by atoms with Crippen molar-refractivity contribution < 1.29 is 34.5 Å². The van der Waals surface area contributed by atoms with Crippen LogP contribution >= 0.6 is 0 Å². The smallest absolute Gasteiger partial charge is 0.220 e. The molecule has 4 atom stereocenters. The van der Waals surface area contributed by atoms with Crippen LogP contribution in [-0.4, -0.2) is 78.1 Å². The Morgan fingerprint density at radius 3 is 2.50 bits per heavy atom. The third kappa shape index (κ3) is 10.3. The maximum absolute atomic E-state index is 11.8. The Balaban J connectivity index is 2.19. The summed E-state index contributed by atoms with van der Waals surface area (Å²) in [5.74, 6) is -0.309. The van der Waals surface area contributed by atoms with Crippen molar-refractivity contribution in [1.29, 1.82) is 0 Å². The molecule has 1 heterocycles. The normalized spacial score (nSPS) is 24.7. The molecular formula is C18H35N3O7. The van der Waals surface area contributed by atoms with E-state index in [4.69, 9.17) is 14.7 Å². The molecule has 0 aromatic heterocycles. The molecule has 1 aliphatic rings. The van der Waals surface area contributed by atoms with E-state index in [-0.39, 0.29) is 31.4 Å². The number of aliphatic hydroxyl groups is 2. The van der Waals surface area contributed by atoms with E-state index in [9.17, 15) is 19.8 Å². The molecule has 0 spiro atoms. The van der Waals surface area contributed by atoms with Crippen molar-refractivity contribution >= 4 is 11.8 Å². The highest BCUT2D eigenvalue weighted by molar-refractivity contribution is 5.75. The highest BCUT2D eigenvalue weighted by Crippen LogP contribution is 2.21. The van der Waals surface area contributed by atoms with Gasteiger partial charge in [0.1, 0.15) is 6.10 Å². The van der Waals surface area contributed by atoms with Crippen molar-refractivity contribution in [1.82, 2.24) is 16.1 Å². The number of aliphatic hydroxyl groups excluding tert-OH is 2. The highest BCUT2D eigenvalue weighted by atomic mass is 16.7. The first-order chi connectivity index (χ1) is 13.5. The van der Waals surface area contributed by atoms with Crippen LogP contribution in [0.1, 0.15) is 51.9 Å². The molecule has 0 aliphatic carbocycles. The van der Waals surface area contributed by atoms with E-state index in [1.54, 1.807) is 0 Å². The van der Waals surface area contributed by atoms with E-state index in [0.29, 0.717) is 25.9 Å². The van der Waals surface area contributed by atoms with Gasteiger partial charge in [0.25, 0.3) is 0 Å². The van der Waals surface area contributed by atoms with Gasteiger partial charge in [0.15, 0.2) is 6.29 Å². The summed E-state index contributed by atoms with van der Waals surface area (Å²) < 4.78 is 11.2. The molecule has 6 N–H and O–H groups in total. The third-order valence-corrected chi connectivity index (χ3v) is 4.50. The van der Waals surface area contributed by atoms with Crippen molar-refractivity contribution in [2.45, 2.75) is 76.4 Å². The van der Waals surface area contributed by atoms with Gasteiger partial charge in [-0.05, 0) is 19.3 Å². The molecule has 1 fully saturated rings. The third-order valence-electron chi connectivity index (χ3n) is 4.50. The van der Waals surface area contributed by atoms with Crippen molar-refractivity contribution in [3.05, 3.63) is 0 Å². The molecule has 0 saturated carbocycles. The van der Waals surface area contributed by atoms with E-state index in [1.807, 2.05) is 0 Å². The number of nitrogens with one attached hydrogen (secondary N) is 3. The van der Waals surface area contributed by atoms with E-state index < -0.39 is 24.5 Å². The van der Waals surface area contributed by atoms with Gasteiger partial charge < -0.3 is 35.5 Å². The molecule has 2 amide bonds. The molecule has 28 heavy (non-hydrogen) atoms. The number of ether oxygens (including phenoxy) is 2. The summed E-state index contributed by atoms with van der Waals surface area (Å²) in [6.45, 7) is 2.50. The fraction of sp³-hybridized carbons (Fsp3) is 0.889. The Morgan fingerprint density at radius 2 is 1.86 bits per heavy atom. The van der Waals surface area contributed by atoms with Crippen LogP contribution < -0.4 is 16.1 Å².